The first-order valence-electron chi connectivity index (χ1n) is 16.0. The first kappa shape index (κ1) is 34.9. The molecule has 0 fully saturated rings. The number of hydrogen-bond donors (Lipinski definition) is 2. The maximum Gasteiger partial charge on any atom is 0.326 e. The van der Waals surface area contributed by atoms with Crippen LogP contribution in [0, 0.1) is 5.92 Å². The van der Waals surface area contributed by atoms with Gasteiger partial charge in [-0.05, 0) is 18.8 Å². The standard InChI is InChI=1S/C32H63NO3/c1-4-5-6-7-8-9-10-11-12-13-14-15-16-17-18-19-20-21-22-23-24-25-26-27-31(34)33-30(32(35)36)28-29(2)3/h29-30H,4-28H2,1-3H3,(H,33,34)(H,35,36)/t30-/m0/s1. The molecule has 0 aromatic carbocycles. The molecule has 0 aromatic heterocycles. The van der Waals surface area contributed by atoms with E-state index in [0.717, 1.165) is 12.8 Å². The molecule has 0 unspecified atom stereocenters. The molecule has 214 valence electrons. The third kappa shape index (κ3) is 26.0. The Morgan fingerprint density at radius 3 is 1.14 bits per heavy atom. The summed E-state index contributed by atoms with van der Waals surface area (Å²) in [5, 5.41) is 11.9. The summed E-state index contributed by atoms with van der Waals surface area (Å²) in [7, 11) is 0. The number of carboxylic acids is 1. The molecular weight excluding hydrogens is 446 g/mol. The van der Waals surface area contributed by atoms with Gasteiger partial charge in [-0.3, -0.25) is 4.79 Å². The van der Waals surface area contributed by atoms with Crippen molar-refractivity contribution in [3.8, 4) is 0 Å². The summed E-state index contributed by atoms with van der Waals surface area (Å²) in [5.41, 5.74) is 0. The number of carbonyl (C=O) groups is 2. The van der Waals surface area contributed by atoms with Gasteiger partial charge in [0, 0.05) is 6.42 Å². The van der Waals surface area contributed by atoms with Gasteiger partial charge in [-0.2, -0.15) is 0 Å². The zero-order valence-corrected chi connectivity index (χ0v) is 24.6. The van der Waals surface area contributed by atoms with E-state index in [1.165, 1.54) is 135 Å². The van der Waals surface area contributed by atoms with Gasteiger partial charge >= 0.3 is 5.97 Å². The van der Waals surface area contributed by atoms with Crippen LogP contribution in [0.2, 0.25) is 0 Å². The van der Waals surface area contributed by atoms with E-state index in [-0.39, 0.29) is 11.8 Å². The number of carbonyl (C=O) groups excluding carboxylic acids is 1. The largest absolute Gasteiger partial charge is 0.480 e. The van der Waals surface area contributed by atoms with Gasteiger partial charge in [-0.25, -0.2) is 4.79 Å². The Balaban J connectivity index is 3.27. The first-order valence-corrected chi connectivity index (χ1v) is 16.0. The van der Waals surface area contributed by atoms with Crippen LogP contribution in [-0.4, -0.2) is 23.0 Å². The number of unbranched alkanes of at least 4 members (excludes halogenated alkanes) is 22. The minimum absolute atomic E-state index is 0.119. The summed E-state index contributed by atoms with van der Waals surface area (Å²) in [4.78, 5) is 23.2. The monoisotopic (exact) mass is 509 g/mol. The van der Waals surface area contributed by atoms with Crippen LogP contribution in [0.25, 0.3) is 0 Å². The molecule has 0 aliphatic carbocycles. The summed E-state index contributed by atoms with van der Waals surface area (Å²) in [6.07, 6.45) is 32.2. The molecule has 4 nitrogen and oxygen atoms in total. The molecule has 0 saturated heterocycles. The lowest BCUT2D eigenvalue weighted by Crippen LogP contribution is -2.41. The van der Waals surface area contributed by atoms with Crippen molar-refractivity contribution in [2.75, 3.05) is 0 Å². The van der Waals surface area contributed by atoms with Crippen molar-refractivity contribution in [3.05, 3.63) is 0 Å². The molecule has 4 heteroatoms. The van der Waals surface area contributed by atoms with Gasteiger partial charge in [0.2, 0.25) is 5.91 Å². The van der Waals surface area contributed by atoms with Crippen molar-refractivity contribution < 1.29 is 14.7 Å². The quantitative estimate of drug-likeness (QED) is 0.103. The zero-order valence-electron chi connectivity index (χ0n) is 24.6. The number of hydrogen-bond acceptors (Lipinski definition) is 2. The smallest absolute Gasteiger partial charge is 0.326 e. The van der Waals surface area contributed by atoms with Crippen molar-refractivity contribution in [2.24, 2.45) is 5.92 Å². The molecule has 1 amide bonds. The third-order valence-electron chi connectivity index (χ3n) is 7.35. The number of carboxylic acid groups (broad SMARTS) is 1. The Kier molecular flexibility index (Phi) is 26.2. The Morgan fingerprint density at radius 1 is 0.556 bits per heavy atom. The predicted octanol–water partition coefficient (Wildman–Crippen LogP) is 9.98. The van der Waals surface area contributed by atoms with Crippen LogP contribution < -0.4 is 5.32 Å². The van der Waals surface area contributed by atoms with Gasteiger partial charge in [0.1, 0.15) is 6.04 Å². The second kappa shape index (κ2) is 27.0. The van der Waals surface area contributed by atoms with Crippen LogP contribution >= 0.6 is 0 Å². The summed E-state index contributed by atoms with van der Waals surface area (Å²) >= 11 is 0. The van der Waals surface area contributed by atoms with Gasteiger partial charge < -0.3 is 10.4 Å². The summed E-state index contributed by atoms with van der Waals surface area (Å²) in [5.74, 6) is -0.793. The van der Waals surface area contributed by atoms with Crippen LogP contribution in [-0.2, 0) is 9.59 Å². The highest BCUT2D eigenvalue weighted by Gasteiger charge is 2.20. The molecule has 0 aromatic rings. The van der Waals surface area contributed by atoms with Crippen LogP contribution in [0.5, 0.6) is 0 Å². The van der Waals surface area contributed by atoms with Crippen LogP contribution in [0.3, 0.4) is 0 Å². The maximum atomic E-state index is 12.0. The van der Waals surface area contributed by atoms with E-state index in [9.17, 15) is 14.7 Å². The van der Waals surface area contributed by atoms with E-state index in [1.807, 2.05) is 13.8 Å². The predicted molar refractivity (Wildman–Crippen MR) is 156 cm³/mol. The minimum Gasteiger partial charge on any atom is -0.480 e. The number of rotatable bonds is 28. The Bertz CT molecular complexity index is 492. The Labute approximate surface area is 225 Å². The van der Waals surface area contributed by atoms with Gasteiger partial charge in [0.15, 0.2) is 0 Å². The van der Waals surface area contributed by atoms with Crippen molar-refractivity contribution in [1.29, 1.82) is 0 Å². The van der Waals surface area contributed by atoms with E-state index < -0.39 is 12.0 Å². The Morgan fingerprint density at radius 2 is 0.861 bits per heavy atom. The minimum atomic E-state index is -0.929. The molecular formula is C32H63NO3. The summed E-state index contributed by atoms with van der Waals surface area (Å²) in [6.45, 7) is 6.24. The highest BCUT2D eigenvalue weighted by atomic mass is 16.4. The summed E-state index contributed by atoms with van der Waals surface area (Å²) < 4.78 is 0. The van der Waals surface area contributed by atoms with Crippen molar-refractivity contribution in [3.63, 3.8) is 0 Å². The zero-order chi connectivity index (χ0) is 26.7. The third-order valence-corrected chi connectivity index (χ3v) is 7.35. The fraction of sp³-hybridized carbons (Fsp3) is 0.938. The van der Waals surface area contributed by atoms with Crippen molar-refractivity contribution in [1.82, 2.24) is 5.32 Å². The molecule has 0 aliphatic heterocycles. The topological polar surface area (TPSA) is 66.4 Å². The van der Waals surface area contributed by atoms with E-state index in [4.69, 9.17) is 0 Å². The number of aliphatic carboxylic acids is 1. The first-order chi connectivity index (χ1) is 17.5. The lowest BCUT2D eigenvalue weighted by molar-refractivity contribution is -0.142. The van der Waals surface area contributed by atoms with E-state index in [2.05, 4.69) is 12.2 Å². The van der Waals surface area contributed by atoms with Crippen molar-refractivity contribution >= 4 is 11.9 Å². The van der Waals surface area contributed by atoms with Crippen LogP contribution in [0.1, 0.15) is 181 Å². The highest BCUT2D eigenvalue weighted by molar-refractivity contribution is 5.83. The molecule has 0 bridgehead atoms. The van der Waals surface area contributed by atoms with Gasteiger partial charge in [0.05, 0.1) is 0 Å². The molecule has 36 heavy (non-hydrogen) atoms. The molecule has 0 rings (SSSR count). The fourth-order valence-corrected chi connectivity index (χ4v) is 5.03. The molecule has 0 saturated carbocycles. The second-order valence-electron chi connectivity index (χ2n) is 11.6. The average molecular weight is 510 g/mol. The fourth-order valence-electron chi connectivity index (χ4n) is 5.03. The highest BCUT2D eigenvalue weighted by Crippen LogP contribution is 2.15. The van der Waals surface area contributed by atoms with Gasteiger partial charge in [0.25, 0.3) is 0 Å². The van der Waals surface area contributed by atoms with Crippen molar-refractivity contribution in [2.45, 2.75) is 187 Å². The van der Waals surface area contributed by atoms with Crippen LogP contribution in [0.4, 0.5) is 0 Å². The average Bonchev–Trinajstić information content (AvgIpc) is 2.83. The molecule has 2 N–H and O–H groups in total. The van der Waals surface area contributed by atoms with Gasteiger partial charge in [-0.1, -0.05) is 162 Å². The van der Waals surface area contributed by atoms with Crippen LogP contribution in [0.15, 0.2) is 0 Å². The molecule has 1 atom stereocenters. The summed E-state index contributed by atoms with van der Waals surface area (Å²) in [6, 6.07) is -0.748. The lowest BCUT2D eigenvalue weighted by Gasteiger charge is -2.16. The lowest BCUT2D eigenvalue weighted by atomic mass is 10.0. The Hall–Kier alpha value is -1.06. The molecule has 0 spiro atoms. The van der Waals surface area contributed by atoms with E-state index in [0.29, 0.717) is 12.8 Å². The number of nitrogens with one attached hydrogen (secondary N) is 1. The number of amides is 1. The van der Waals surface area contributed by atoms with Gasteiger partial charge in [-0.15, -0.1) is 0 Å². The molecule has 0 radical (unpaired) electrons. The van der Waals surface area contributed by atoms with E-state index >= 15 is 0 Å². The SMILES string of the molecule is CCCCCCCCCCCCCCCCCCCCCCCCCC(=O)N[C@@H](CC(C)C)C(=O)O. The molecule has 0 heterocycles. The maximum absolute atomic E-state index is 12.0. The molecule has 0 aliphatic rings. The normalized spacial score (nSPS) is 12.2. The van der Waals surface area contributed by atoms with E-state index in [1.54, 1.807) is 0 Å². The second-order valence-corrected chi connectivity index (χ2v) is 11.6.